The molecule has 0 bridgehead atoms. The largest absolute Gasteiger partial charge is 0.548 e. The first kappa shape index (κ1) is 14.3. The Balaban J connectivity index is 2.47. The molecular weight excluding hydrogens is 231 g/mol. The molecule has 0 heterocycles. The molecule has 17 heavy (non-hydrogen) atoms. The molecule has 1 unspecified atom stereocenters. The van der Waals surface area contributed by atoms with Crippen molar-refractivity contribution in [3.05, 3.63) is 29.8 Å². The molecule has 0 amide bonds. The predicted molar refractivity (Wildman–Crippen MR) is 73.1 cm³/mol. The van der Waals surface area contributed by atoms with Crippen LogP contribution >= 0.6 is 8.03 Å². The smallest absolute Gasteiger partial charge is 0.142 e. The van der Waals surface area contributed by atoms with Crippen LogP contribution in [0.2, 0.25) is 0 Å². The second kappa shape index (κ2) is 7.58. The molecule has 0 fully saturated rings. The Labute approximate surface area is 105 Å². The van der Waals surface area contributed by atoms with Gasteiger partial charge in [0.2, 0.25) is 5.30 Å². The maximum absolute atomic E-state index is 12.0. The van der Waals surface area contributed by atoms with Gasteiger partial charge in [-0.05, 0) is 35.8 Å². The number of rotatable bonds is 7. The lowest BCUT2D eigenvalue weighted by molar-refractivity contribution is 0.314. The van der Waals surface area contributed by atoms with Gasteiger partial charge in [-0.25, -0.2) is 0 Å². The van der Waals surface area contributed by atoms with E-state index in [1.165, 1.54) is 0 Å². The normalized spacial score (nSPS) is 11.9. The Morgan fingerprint density at radius 2 is 2.00 bits per heavy atom. The van der Waals surface area contributed by atoms with Crippen LogP contribution in [-0.2, 0) is 15.5 Å². The highest BCUT2D eigenvalue weighted by molar-refractivity contribution is 7.48. The van der Waals surface area contributed by atoms with Crippen molar-refractivity contribution in [1.82, 2.24) is 0 Å². The molecule has 0 radical (unpaired) electrons. The summed E-state index contributed by atoms with van der Waals surface area (Å²) in [4.78, 5) is 0. The molecule has 0 spiro atoms. The Kier molecular flexibility index (Phi) is 6.39. The molecule has 1 atom stereocenters. The van der Waals surface area contributed by atoms with Gasteiger partial charge in [-0.15, -0.1) is 4.52 Å². The topological polar surface area (TPSA) is 26.3 Å². The molecule has 0 aliphatic heterocycles. The van der Waals surface area contributed by atoms with Crippen molar-refractivity contribution < 1.29 is 9.09 Å². The van der Waals surface area contributed by atoms with Crippen LogP contribution in [0.15, 0.2) is 24.3 Å². The number of benzene rings is 1. The summed E-state index contributed by atoms with van der Waals surface area (Å²) in [6.45, 7) is 7.03. The van der Waals surface area contributed by atoms with Crippen LogP contribution in [-0.4, -0.2) is 6.61 Å². The Morgan fingerprint density at radius 3 is 2.65 bits per heavy atom. The molecule has 1 aromatic rings. The average Bonchev–Trinajstić information content (AvgIpc) is 2.34. The van der Waals surface area contributed by atoms with Crippen molar-refractivity contribution in [2.24, 2.45) is 5.92 Å². The van der Waals surface area contributed by atoms with Crippen LogP contribution in [0, 0.1) is 5.92 Å². The highest BCUT2D eigenvalue weighted by atomic mass is 31.1. The van der Waals surface area contributed by atoms with E-state index in [1.54, 1.807) is 0 Å². The minimum absolute atomic E-state index is 0.589. The van der Waals surface area contributed by atoms with E-state index in [1.807, 2.05) is 24.3 Å². The zero-order valence-electron chi connectivity index (χ0n) is 11.0. The summed E-state index contributed by atoms with van der Waals surface area (Å²) in [5, 5.41) is 0.856. The van der Waals surface area contributed by atoms with Crippen LogP contribution in [0.1, 0.15) is 39.2 Å². The highest BCUT2D eigenvalue weighted by Crippen LogP contribution is 2.24. The third kappa shape index (κ3) is 4.97. The van der Waals surface area contributed by atoms with Crippen LogP contribution in [0.3, 0.4) is 0 Å². The molecule has 0 aliphatic carbocycles. The van der Waals surface area contributed by atoms with Gasteiger partial charge in [0.25, 0.3) is 0 Å². The Bertz CT molecular complexity index is 361. The van der Waals surface area contributed by atoms with Crippen molar-refractivity contribution in [2.75, 3.05) is 6.61 Å². The van der Waals surface area contributed by atoms with E-state index in [4.69, 9.17) is 4.52 Å². The summed E-state index contributed by atoms with van der Waals surface area (Å²) < 4.78 is 17.4. The van der Waals surface area contributed by atoms with Gasteiger partial charge in [0, 0.05) is 5.56 Å². The Morgan fingerprint density at radius 1 is 1.29 bits per heavy atom. The second-order valence-corrected chi connectivity index (χ2v) is 5.86. The van der Waals surface area contributed by atoms with Crippen LogP contribution in [0.25, 0.3) is 0 Å². The van der Waals surface area contributed by atoms with Crippen molar-refractivity contribution in [3.8, 4) is 0 Å². The lowest BCUT2D eigenvalue weighted by Crippen LogP contribution is -2.06. The lowest BCUT2D eigenvalue weighted by Gasteiger charge is -2.00. The van der Waals surface area contributed by atoms with Crippen molar-refractivity contribution in [1.29, 1.82) is 0 Å². The molecule has 0 N–H and O–H groups in total. The second-order valence-electron chi connectivity index (χ2n) is 4.61. The van der Waals surface area contributed by atoms with Gasteiger partial charge in [-0.1, -0.05) is 39.0 Å². The fourth-order valence-corrected chi connectivity index (χ4v) is 2.81. The van der Waals surface area contributed by atoms with E-state index in [2.05, 4.69) is 20.8 Å². The standard InChI is InChI=1S/C14H22O2P/c1-4-13-9-5-6-10-14(13)17(15)16-11-7-8-12(2)3/h5-6,9-10,12H,4,7-8,11H2,1-3H3/q+1. The van der Waals surface area contributed by atoms with Crippen molar-refractivity contribution in [3.63, 3.8) is 0 Å². The minimum atomic E-state index is -1.68. The summed E-state index contributed by atoms with van der Waals surface area (Å²) in [7, 11) is -1.68. The van der Waals surface area contributed by atoms with E-state index in [0.717, 1.165) is 30.1 Å². The first-order valence-electron chi connectivity index (χ1n) is 6.33. The first-order valence-corrected chi connectivity index (χ1v) is 7.51. The molecule has 2 nitrogen and oxygen atoms in total. The monoisotopic (exact) mass is 253 g/mol. The molecule has 0 aliphatic rings. The van der Waals surface area contributed by atoms with Crippen LogP contribution < -0.4 is 5.30 Å². The van der Waals surface area contributed by atoms with E-state index in [0.29, 0.717) is 12.5 Å². The first-order chi connectivity index (χ1) is 8.15. The third-order valence-corrected chi connectivity index (χ3v) is 3.95. The van der Waals surface area contributed by atoms with Crippen molar-refractivity contribution in [2.45, 2.75) is 40.0 Å². The minimum Gasteiger partial charge on any atom is -0.142 e. The summed E-state index contributed by atoms with van der Waals surface area (Å²) >= 11 is 0. The Hall–Kier alpha value is -0.720. The zero-order valence-corrected chi connectivity index (χ0v) is 11.9. The zero-order chi connectivity index (χ0) is 12.7. The molecule has 0 aromatic heterocycles. The summed E-state index contributed by atoms with van der Waals surface area (Å²) in [6, 6.07) is 7.81. The van der Waals surface area contributed by atoms with Crippen LogP contribution in [0.4, 0.5) is 0 Å². The molecule has 0 saturated carbocycles. The van der Waals surface area contributed by atoms with Crippen molar-refractivity contribution >= 4 is 13.3 Å². The molecule has 1 rings (SSSR count). The summed E-state index contributed by atoms with van der Waals surface area (Å²) in [5.74, 6) is 0.680. The van der Waals surface area contributed by atoms with Gasteiger partial charge in [-0.2, -0.15) is 0 Å². The van der Waals surface area contributed by atoms with E-state index < -0.39 is 8.03 Å². The SMILES string of the molecule is CCc1ccccc1[P+](=O)OCCCC(C)C. The molecule has 94 valence electrons. The fourth-order valence-electron chi connectivity index (χ4n) is 1.70. The highest BCUT2D eigenvalue weighted by Gasteiger charge is 2.24. The molecule has 3 heteroatoms. The van der Waals surface area contributed by atoms with Gasteiger partial charge in [0.05, 0.1) is 0 Å². The van der Waals surface area contributed by atoms with E-state index >= 15 is 0 Å². The predicted octanol–water partition coefficient (Wildman–Crippen LogP) is 4.07. The lowest BCUT2D eigenvalue weighted by atomic mass is 10.1. The maximum Gasteiger partial charge on any atom is 0.548 e. The molecular formula is C14H22O2P+. The maximum atomic E-state index is 12.0. The number of hydrogen-bond donors (Lipinski definition) is 0. The van der Waals surface area contributed by atoms with Gasteiger partial charge in [0.15, 0.2) is 0 Å². The summed E-state index contributed by atoms with van der Waals surface area (Å²) in [6.07, 6.45) is 3.00. The molecule has 1 aromatic carbocycles. The molecule has 0 saturated heterocycles. The van der Waals surface area contributed by atoms with E-state index in [-0.39, 0.29) is 0 Å². The number of hydrogen-bond acceptors (Lipinski definition) is 2. The summed E-state index contributed by atoms with van der Waals surface area (Å²) in [5.41, 5.74) is 1.12. The number of aryl methyl sites for hydroxylation is 1. The van der Waals surface area contributed by atoms with Gasteiger partial charge in [0.1, 0.15) is 6.61 Å². The fraction of sp³-hybridized carbons (Fsp3) is 0.571. The third-order valence-electron chi connectivity index (χ3n) is 2.70. The quantitative estimate of drug-likeness (QED) is 0.541. The van der Waals surface area contributed by atoms with E-state index in [9.17, 15) is 4.57 Å². The van der Waals surface area contributed by atoms with Crippen LogP contribution in [0.5, 0.6) is 0 Å². The van der Waals surface area contributed by atoms with Gasteiger partial charge in [-0.3, -0.25) is 0 Å². The van der Waals surface area contributed by atoms with Gasteiger partial charge < -0.3 is 0 Å². The van der Waals surface area contributed by atoms with Gasteiger partial charge >= 0.3 is 8.03 Å². The average molecular weight is 253 g/mol.